The molecule has 2 aromatic carbocycles. The van der Waals surface area contributed by atoms with Crippen molar-refractivity contribution in [1.82, 2.24) is 10.3 Å². The first kappa shape index (κ1) is 22.1. The zero-order chi connectivity index (χ0) is 19.1. The second-order valence-corrected chi connectivity index (χ2v) is 6.80. The fourth-order valence-electron chi connectivity index (χ4n) is 2.63. The maximum absolute atomic E-state index is 13.8. The third-order valence-electron chi connectivity index (χ3n) is 4.03. The van der Waals surface area contributed by atoms with Crippen molar-refractivity contribution in [3.8, 4) is 11.5 Å². The van der Waals surface area contributed by atoms with E-state index in [0.717, 1.165) is 16.6 Å². The number of halogens is 3. The second-order valence-electron chi connectivity index (χ2n) is 5.95. The third-order valence-corrected chi connectivity index (χ3v) is 4.62. The number of nitrogens with zero attached hydrogens (tertiary/aromatic N) is 1. The van der Waals surface area contributed by atoms with Gasteiger partial charge in [0.2, 0.25) is 0 Å². The summed E-state index contributed by atoms with van der Waals surface area (Å²) in [5, 5.41) is 3.39. The molecule has 0 bridgehead atoms. The van der Waals surface area contributed by atoms with Crippen LogP contribution in [0.5, 0.6) is 11.5 Å². The highest BCUT2D eigenvalue weighted by Gasteiger charge is 2.13. The molecule has 0 aliphatic heterocycles. The van der Waals surface area contributed by atoms with Crippen molar-refractivity contribution in [2.75, 3.05) is 7.11 Å². The first-order valence-electron chi connectivity index (χ1n) is 8.49. The maximum atomic E-state index is 13.8. The number of hydrogen-bond donors (Lipinski definition) is 1. The summed E-state index contributed by atoms with van der Waals surface area (Å²) in [7, 11) is 1.59. The average molecular weight is 467 g/mol. The zero-order valence-corrected chi connectivity index (χ0v) is 17.6. The van der Waals surface area contributed by atoms with Crippen molar-refractivity contribution in [2.45, 2.75) is 19.7 Å². The van der Waals surface area contributed by atoms with Gasteiger partial charge in [-0.1, -0.05) is 18.2 Å². The minimum Gasteiger partial charge on any atom is -1.00 e. The van der Waals surface area contributed by atoms with Gasteiger partial charge >= 0.3 is 0 Å². The first-order valence-corrected chi connectivity index (χ1v) is 9.29. The van der Waals surface area contributed by atoms with Crippen molar-refractivity contribution in [2.24, 2.45) is 0 Å². The number of pyridine rings is 1. The standard InChI is InChI=1S/C21H20BrFN2O2.ClH/c1-26-20-11-16(13-25-12-15-6-8-24-9-7-15)10-18(22)21(20)27-14-17-4-2-3-5-19(17)23;/h2-11,25H,12-14H2,1H3;1H/p-1. The lowest BCUT2D eigenvalue weighted by molar-refractivity contribution is -0.00000660. The van der Waals surface area contributed by atoms with Gasteiger partial charge in [-0.15, -0.1) is 0 Å². The molecule has 1 aromatic heterocycles. The van der Waals surface area contributed by atoms with Gasteiger partial charge in [-0.2, -0.15) is 0 Å². The van der Waals surface area contributed by atoms with Gasteiger partial charge in [-0.3, -0.25) is 4.98 Å². The molecule has 3 aromatic rings. The monoisotopic (exact) mass is 465 g/mol. The quantitative estimate of drug-likeness (QED) is 0.550. The molecule has 4 nitrogen and oxygen atoms in total. The lowest BCUT2D eigenvalue weighted by Gasteiger charge is -2.15. The van der Waals surface area contributed by atoms with Crippen LogP contribution in [0.2, 0.25) is 0 Å². The predicted molar refractivity (Wildman–Crippen MR) is 106 cm³/mol. The lowest BCUT2D eigenvalue weighted by Crippen LogP contribution is -3.00. The van der Waals surface area contributed by atoms with E-state index in [1.165, 1.54) is 11.6 Å². The van der Waals surface area contributed by atoms with E-state index in [1.54, 1.807) is 37.7 Å². The summed E-state index contributed by atoms with van der Waals surface area (Å²) >= 11 is 3.53. The van der Waals surface area contributed by atoms with Gasteiger partial charge in [0.1, 0.15) is 12.4 Å². The van der Waals surface area contributed by atoms with E-state index >= 15 is 0 Å². The van der Waals surface area contributed by atoms with Gasteiger partial charge in [0.25, 0.3) is 0 Å². The fourth-order valence-corrected chi connectivity index (χ4v) is 3.24. The van der Waals surface area contributed by atoms with E-state index in [0.29, 0.717) is 23.6 Å². The number of hydrogen-bond acceptors (Lipinski definition) is 4. The van der Waals surface area contributed by atoms with Crippen LogP contribution < -0.4 is 27.2 Å². The summed E-state index contributed by atoms with van der Waals surface area (Å²) < 4.78 is 25.8. The molecule has 0 atom stereocenters. The van der Waals surface area contributed by atoms with Crippen molar-refractivity contribution in [3.63, 3.8) is 0 Å². The van der Waals surface area contributed by atoms with E-state index < -0.39 is 0 Å². The van der Waals surface area contributed by atoms with E-state index in [1.807, 2.05) is 24.3 Å². The van der Waals surface area contributed by atoms with E-state index in [2.05, 4.69) is 26.2 Å². The van der Waals surface area contributed by atoms with Crippen LogP contribution in [0.25, 0.3) is 0 Å². The Hall–Kier alpha value is -2.15. The topological polar surface area (TPSA) is 43.4 Å². The molecule has 1 heterocycles. The minimum atomic E-state index is -0.287. The summed E-state index contributed by atoms with van der Waals surface area (Å²) in [4.78, 5) is 4.01. The number of benzene rings is 2. The Morgan fingerprint density at radius 2 is 1.75 bits per heavy atom. The SMILES string of the molecule is COc1cc(CNCc2ccncc2)cc(Br)c1OCc1ccccc1F.[Cl-]. The normalized spacial score (nSPS) is 10.2. The molecule has 0 aliphatic carbocycles. The van der Waals surface area contributed by atoms with E-state index in [-0.39, 0.29) is 24.8 Å². The fraction of sp³-hybridized carbons (Fsp3) is 0.190. The Balaban J connectivity index is 0.00000280. The Morgan fingerprint density at radius 1 is 1.04 bits per heavy atom. The number of nitrogens with one attached hydrogen (secondary N) is 1. The number of ether oxygens (including phenoxy) is 2. The molecular formula is C21H20BrClFN2O2-. The number of rotatable bonds is 8. The zero-order valence-electron chi connectivity index (χ0n) is 15.3. The highest BCUT2D eigenvalue weighted by molar-refractivity contribution is 9.10. The van der Waals surface area contributed by atoms with Crippen molar-refractivity contribution in [1.29, 1.82) is 0 Å². The van der Waals surface area contributed by atoms with Crippen LogP contribution in [0.3, 0.4) is 0 Å². The summed E-state index contributed by atoms with van der Waals surface area (Å²) in [5.74, 6) is 0.865. The summed E-state index contributed by atoms with van der Waals surface area (Å²) in [5.41, 5.74) is 2.71. The molecule has 0 saturated heterocycles. The van der Waals surface area contributed by atoms with Crippen LogP contribution in [-0.2, 0) is 19.7 Å². The molecule has 28 heavy (non-hydrogen) atoms. The molecular weight excluding hydrogens is 447 g/mol. The molecule has 0 unspecified atom stereocenters. The minimum absolute atomic E-state index is 0. The maximum Gasteiger partial charge on any atom is 0.175 e. The number of aromatic nitrogens is 1. The number of methoxy groups -OCH3 is 1. The molecule has 3 rings (SSSR count). The van der Waals surface area contributed by atoms with Gasteiger partial charge in [0.05, 0.1) is 11.6 Å². The molecule has 0 fully saturated rings. The van der Waals surface area contributed by atoms with Gasteiger partial charge in [0, 0.05) is 31.0 Å². The Kier molecular flexibility index (Phi) is 8.70. The molecule has 0 radical (unpaired) electrons. The Morgan fingerprint density at radius 3 is 2.46 bits per heavy atom. The van der Waals surface area contributed by atoms with Crippen LogP contribution in [0.4, 0.5) is 4.39 Å². The van der Waals surface area contributed by atoms with Crippen LogP contribution in [0.1, 0.15) is 16.7 Å². The van der Waals surface area contributed by atoms with Gasteiger partial charge in [0.15, 0.2) is 11.5 Å². The second kappa shape index (κ2) is 11.0. The van der Waals surface area contributed by atoms with Gasteiger partial charge in [-0.25, -0.2) is 4.39 Å². The predicted octanol–water partition coefficient (Wildman–Crippen LogP) is 1.86. The largest absolute Gasteiger partial charge is 1.00 e. The van der Waals surface area contributed by atoms with Crippen LogP contribution in [0, 0.1) is 5.82 Å². The van der Waals surface area contributed by atoms with Crippen LogP contribution >= 0.6 is 15.9 Å². The molecule has 0 saturated carbocycles. The Labute approximate surface area is 178 Å². The Bertz CT molecular complexity index is 897. The van der Waals surface area contributed by atoms with Crippen molar-refractivity contribution in [3.05, 3.63) is 87.9 Å². The molecule has 0 spiro atoms. The molecule has 148 valence electrons. The van der Waals surface area contributed by atoms with Crippen LogP contribution in [0.15, 0.2) is 65.4 Å². The first-order chi connectivity index (χ1) is 13.2. The molecule has 7 heteroatoms. The molecule has 0 amide bonds. The summed E-state index contributed by atoms with van der Waals surface area (Å²) in [6.45, 7) is 1.54. The molecule has 0 aliphatic rings. The lowest BCUT2D eigenvalue weighted by atomic mass is 10.2. The van der Waals surface area contributed by atoms with Crippen molar-refractivity contribution >= 4 is 15.9 Å². The highest BCUT2D eigenvalue weighted by atomic mass is 79.9. The average Bonchev–Trinajstić information content (AvgIpc) is 2.69. The van der Waals surface area contributed by atoms with E-state index in [4.69, 9.17) is 9.47 Å². The van der Waals surface area contributed by atoms with Gasteiger partial charge in [-0.05, 0) is 57.4 Å². The van der Waals surface area contributed by atoms with Gasteiger partial charge < -0.3 is 27.2 Å². The van der Waals surface area contributed by atoms with E-state index in [9.17, 15) is 4.39 Å². The van der Waals surface area contributed by atoms with Crippen LogP contribution in [-0.4, -0.2) is 12.1 Å². The highest BCUT2D eigenvalue weighted by Crippen LogP contribution is 2.37. The summed E-state index contributed by atoms with van der Waals surface area (Å²) in [6.07, 6.45) is 3.55. The third kappa shape index (κ3) is 5.92. The smallest absolute Gasteiger partial charge is 0.175 e. The molecule has 1 N–H and O–H groups in total. The summed E-state index contributed by atoms with van der Waals surface area (Å²) in [6, 6.07) is 14.4. The van der Waals surface area contributed by atoms with Crippen molar-refractivity contribution < 1.29 is 26.3 Å².